The Balaban J connectivity index is 2.72. The molecule has 98 valence electrons. The topological polar surface area (TPSA) is 0 Å². The fourth-order valence-electron chi connectivity index (χ4n) is 1.79. The molecule has 0 radical (unpaired) electrons. The van der Waals surface area contributed by atoms with Crippen LogP contribution in [-0.4, -0.2) is 25.1 Å². The third-order valence-electron chi connectivity index (χ3n) is 2.78. The summed E-state index contributed by atoms with van der Waals surface area (Å²) in [5.41, 5.74) is 2.63. The normalized spacial score (nSPS) is 12.1. The van der Waals surface area contributed by atoms with Gasteiger partial charge in [-0.25, -0.2) is 0 Å². The maximum absolute atomic E-state index is 4.06. The minimum atomic E-state index is 0.463. The van der Waals surface area contributed by atoms with Gasteiger partial charge in [0.1, 0.15) is 0 Å². The zero-order chi connectivity index (χ0) is 13.4. The Morgan fingerprint density at radius 2 is 2.00 bits per heavy atom. The average molecular weight is 325 g/mol. The molecule has 0 fully saturated rings. The molecule has 0 aliphatic rings. The molecule has 0 saturated carbocycles. The van der Waals surface area contributed by atoms with Gasteiger partial charge in [-0.15, -0.1) is 0 Å². The van der Waals surface area contributed by atoms with Gasteiger partial charge in [-0.1, -0.05) is 0 Å². The molecule has 1 atom stereocenters. The first-order valence-corrected chi connectivity index (χ1v) is 8.35. The fourth-order valence-corrected chi connectivity index (χ4v) is 3.83. The van der Waals surface area contributed by atoms with Crippen molar-refractivity contribution in [3.63, 3.8) is 0 Å². The second-order valence-corrected chi connectivity index (χ2v) is 7.29. The van der Waals surface area contributed by atoms with E-state index in [1.165, 1.54) is 33.5 Å². The van der Waals surface area contributed by atoms with E-state index in [1.807, 2.05) is 11.8 Å². The Morgan fingerprint density at radius 1 is 1.33 bits per heavy atom. The van der Waals surface area contributed by atoms with Crippen LogP contribution in [-0.2, 0) is 0 Å². The molecule has 0 spiro atoms. The predicted octanol–water partition coefficient (Wildman–Crippen LogP) is 4.57. The number of unbranched alkanes of at least 4 members (excludes halogenated alkanes) is 1. The molecular formula is C16H22SSe. The van der Waals surface area contributed by atoms with Crippen molar-refractivity contribution in [2.24, 2.45) is 0 Å². The molecule has 2 heteroatoms. The second kappa shape index (κ2) is 8.74. The van der Waals surface area contributed by atoms with E-state index in [9.17, 15) is 0 Å². The predicted molar refractivity (Wildman–Crippen MR) is 86.7 cm³/mol. The summed E-state index contributed by atoms with van der Waals surface area (Å²) < 4.78 is 1.40. The summed E-state index contributed by atoms with van der Waals surface area (Å²) >= 11 is 5.24. The average Bonchev–Trinajstić information content (AvgIpc) is 2.37. The van der Waals surface area contributed by atoms with Gasteiger partial charge in [0.2, 0.25) is 0 Å². The molecule has 0 amide bonds. The van der Waals surface area contributed by atoms with Crippen LogP contribution >= 0.6 is 11.8 Å². The van der Waals surface area contributed by atoms with Crippen LogP contribution in [0.2, 0.25) is 0 Å². The molecule has 1 aromatic carbocycles. The van der Waals surface area contributed by atoms with Crippen molar-refractivity contribution < 1.29 is 0 Å². The Labute approximate surface area is 124 Å². The first-order chi connectivity index (χ1) is 8.65. The molecule has 18 heavy (non-hydrogen) atoms. The molecular weight excluding hydrogens is 303 g/mol. The van der Waals surface area contributed by atoms with Crippen LogP contribution < -0.4 is 0 Å². The Hall–Kier alpha value is -0.301. The number of rotatable bonds is 8. The van der Waals surface area contributed by atoms with Gasteiger partial charge in [0.05, 0.1) is 0 Å². The summed E-state index contributed by atoms with van der Waals surface area (Å²) in [5, 5.41) is 0. The van der Waals surface area contributed by atoms with Gasteiger partial charge in [0.25, 0.3) is 0 Å². The summed E-state index contributed by atoms with van der Waals surface area (Å²) in [6, 6.07) is 10.7. The van der Waals surface area contributed by atoms with Crippen molar-refractivity contribution in [1.82, 2.24) is 0 Å². The summed E-state index contributed by atoms with van der Waals surface area (Å²) in [6.07, 6.45) is 3.58. The van der Waals surface area contributed by atoms with Gasteiger partial charge in [-0.3, -0.25) is 0 Å². The van der Waals surface area contributed by atoms with E-state index in [4.69, 9.17) is 0 Å². The van der Waals surface area contributed by atoms with Gasteiger partial charge in [-0.2, -0.15) is 0 Å². The first-order valence-electron chi connectivity index (χ1n) is 6.51. The van der Waals surface area contributed by atoms with Crippen LogP contribution in [0.5, 0.6) is 0 Å². The molecule has 1 unspecified atom stereocenters. The van der Waals surface area contributed by atoms with Gasteiger partial charge in [0.15, 0.2) is 0 Å². The quantitative estimate of drug-likeness (QED) is 0.383. The van der Waals surface area contributed by atoms with Crippen molar-refractivity contribution in [3.05, 3.63) is 48.0 Å². The molecule has 0 heterocycles. The van der Waals surface area contributed by atoms with E-state index in [-0.39, 0.29) is 0 Å². The van der Waals surface area contributed by atoms with Crippen LogP contribution in [0.1, 0.15) is 44.6 Å². The number of thioether (sulfide) groups is 1. The van der Waals surface area contributed by atoms with Crippen molar-refractivity contribution in [3.8, 4) is 0 Å². The van der Waals surface area contributed by atoms with E-state index < -0.39 is 0 Å². The van der Waals surface area contributed by atoms with Crippen LogP contribution in [0, 0.1) is 0 Å². The van der Waals surface area contributed by atoms with Crippen molar-refractivity contribution >= 4 is 31.1 Å². The molecule has 0 aliphatic carbocycles. The molecule has 0 aliphatic heterocycles. The number of benzene rings is 1. The molecule has 0 saturated heterocycles. The van der Waals surface area contributed by atoms with Crippen LogP contribution in [0.25, 0.3) is 0 Å². The van der Waals surface area contributed by atoms with Crippen molar-refractivity contribution in [2.45, 2.75) is 39.0 Å². The van der Waals surface area contributed by atoms with Gasteiger partial charge in [-0.05, 0) is 0 Å². The summed E-state index contributed by atoms with van der Waals surface area (Å²) in [5.74, 6) is 1.67. The molecule has 0 aromatic heterocycles. The SMILES string of the molecule is C=C(C)CC(C(=[Se])SCCCC)c1ccccc1. The summed E-state index contributed by atoms with van der Waals surface area (Å²) in [6.45, 7) is 8.41. The third-order valence-corrected chi connectivity index (χ3v) is 5.18. The molecule has 0 bridgehead atoms. The Bertz CT molecular complexity index is 383. The summed E-state index contributed by atoms with van der Waals surface area (Å²) in [7, 11) is 0. The zero-order valence-corrected chi connectivity index (χ0v) is 13.8. The van der Waals surface area contributed by atoms with Gasteiger partial charge in [0, 0.05) is 0 Å². The molecule has 1 aromatic rings. The Morgan fingerprint density at radius 3 is 2.56 bits per heavy atom. The molecule has 0 N–H and O–H groups in total. The van der Waals surface area contributed by atoms with Crippen LogP contribution in [0.3, 0.4) is 0 Å². The second-order valence-electron chi connectivity index (χ2n) is 4.65. The third kappa shape index (κ3) is 5.56. The fraction of sp³-hybridized carbons (Fsp3) is 0.438. The Kier molecular flexibility index (Phi) is 7.65. The molecule has 1 rings (SSSR count). The minimum absolute atomic E-state index is 0.463. The molecule has 0 nitrogen and oxygen atoms in total. The van der Waals surface area contributed by atoms with Gasteiger partial charge < -0.3 is 0 Å². The van der Waals surface area contributed by atoms with Crippen molar-refractivity contribution in [2.75, 3.05) is 5.75 Å². The number of allylic oxidation sites excluding steroid dienone is 1. The van der Waals surface area contributed by atoms with E-state index in [2.05, 4.69) is 66.3 Å². The monoisotopic (exact) mass is 326 g/mol. The van der Waals surface area contributed by atoms with Crippen LogP contribution in [0.15, 0.2) is 42.5 Å². The van der Waals surface area contributed by atoms with E-state index in [0.717, 1.165) is 6.42 Å². The van der Waals surface area contributed by atoms with E-state index in [1.54, 1.807) is 0 Å². The maximum atomic E-state index is 4.06. The van der Waals surface area contributed by atoms with E-state index in [0.29, 0.717) is 5.92 Å². The first kappa shape index (κ1) is 15.8. The van der Waals surface area contributed by atoms with Crippen molar-refractivity contribution in [1.29, 1.82) is 0 Å². The standard InChI is InChI=1S/C16H22SSe/c1-4-5-11-17-16(18)15(12-13(2)3)14-9-7-6-8-10-14/h6-10,15H,2,4-5,11-12H2,1,3H3. The van der Waals surface area contributed by atoms with E-state index >= 15 is 0 Å². The number of hydrogen-bond donors (Lipinski definition) is 0. The zero-order valence-electron chi connectivity index (χ0n) is 11.3. The van der Waals surface area contributed by atoms with Gasteiger partial charge >= 0.3 is 124 Å². The summed E-state index contributed by atoms with van der Waals surface area (Å²) in [4.78, 5) is 0. The van der Waals surface area contributed by atoms with Crippen LogP contribution in [0.4, 0.5) is 0 Å². The number of hydrogen-bond acceptors (Lipinski definition) is 1.